The second kappa shape index (κ2) is 13.8. The molecular weight excluding hydrogens is 368 g/mol. The van der Waals surface area contributed by atoms with Crippen LogP contribution in [0.1, 0.15) is 97.5 Å². The van der Waals surface area contributed by atoms with E-state index in [-0.39, 0.29) is 0 Å². The first kappa shape index (κ1) is 24.9. The summed E-state index contributed by atoms with van der Waals surface area (Å²) in [5, 5.41) is 2.52. The third-order valence-electron chi connectivity index (χ3n) is 6.14. The predicted octanol–water partition coefficient (Wildman–Crippen LogP) is 8.62. The van der Waals surface area contributed by atoms with Gasteiger partial charge in [-0.1, -0.05) is 109 Å². The minimum absolute atomic E-state index is 0.354. The van der Waals surface area contributed by atoms with Crippen molar-refractivity contribution < 1.29 is 9.47 Å². The van der Waals surface area contributed by atoms with Crippen LogP contribution in [0.15, 0.2) is 42.5 Å². The van der Waals surface area contributed by atoms with Gasteiger partial charge < -0.3 is 9.47 Å². The number of hydrogen-bond donors (Lipinski definition) is 0. The lowest BCUT2D eigenvalue weighted by molar-refractivity contribution is -0.279. The molecule has 1 unspecified atom stereocenters. The summed E-state index contributed by atoms with van der Waals surface area (Å²) in [6.45, 7) is 10.4. The Morgan fingerprint density at radius 3 is 2.00 bits per heavy atom. The van der Waals surface area contributed by atoms with Gasteiger partial charge in [-0.15, -0.1) is 0 Å². The first-order valence-electron chi connectivity index (χ1n) is 12.5. The second-order valence-electron chi connectivity index (χ2n) is 8.55. The Bertz CT molecular complexity index is 695. The molecule has 1 atom stereocenters. The van der Waals surface area contributed by atoms with E-state index in [0.29, 0.717) is 5.92 Å². The molecule has 30 heavy (non-hydrogen) atoms. The molecule has 0 N–H and O–H groups in total. The number of fused-ring (bicyclic) bond motifs is 1. The average molecular weight is 413 g/mol. The van der Waals surface area contributed by atoms with Crippen LogP contribution in [0.3, 0.4) is 0 Å². The minimum Gasteiger partial charge on any atom is -0.346 e. The molecule has 0 aliphatic rings. The first-order chi connectivity index (χ1) is 14.7. The number of rotatable bonds is 16. The van der Waals surface area contributed by atoms with E-state index in [1.165, 1.54) is 54.9 Å². The average Bonchev–Trinajstić information content (AvgIpc) is 2.79. The van der Waals surface area contributed by atoms with Crippen LogP contribution >= 0.6 is 0 Å². The Labute approximate surface area is 185 Å². The molecule has 0 heterocycles. The Kier molecular flexibility index (Phi) is 11.5. The molecule has 0 radical (unpaired) electrons. The van der Waals surface area contributed by atoms with Crippen molar-refractivity contribution in [1.29, 1.82) is 0 Å². The van der Waals surface area contributed by atoms with Crippen LogP contribution in [0.2, 0.25) is 0 Å². The third kappa shape index (κ3) is 6.56. The summed E-state index contributed by atoms with van der Waals surface area (Å²) >= 11 is 0. The van der Waals surface area contributed by atoms with Gasteiger partial charge in [-0.25, -0.2) is 0 Å². The van der Waals surface area contributed by atoms with Crippen LogP contribution in [-0.4, -0.2) is 13.2 Å². The molecule has 0 saturated carbocycles. The molecule has 2 aromatic carbocycles. The maximum Gasteiger partial charge on any atom is 0.198 e. The zero-order valence-electron chi connectivity index (χ0n) is 19.9. The van der Waals surface area contributed by atoms with Gasteiger partial charge in [-0.3, -0.25) is 0 Å². The van der Waals surface area contributed by atoms with Gasteiger partial charge in [-0.2, -0.15) is 0 Å². The summed E-state index contributed by atoms with van der Waals surface area (Å²) in [5.74, 6) is -0.307. The third-order valence-corrected chi connectivity index (χ3v) is 6.14. The molecule has 168 valence electrons. The zero-order valence-corrected chi connectivity index (χ0v) is 19.9. The largest absolute Gasteiger partial charge is 0.346 e. The van der Waals surface area contributed by atoms with Gasteiger partial charge in [0.25, 0.3) is 0 Å². The lowest BCUT2D eigenvalue weighted by Crippen LogP contribution is -2.42. The summed E-state index contributed by atoms with van der Waals surface area (Å²) in [4.78, 5) is 0. The molecule has 0 aliphatic heterocycles. The molecular formula is C28H44O2. The summed E-state index contributed by atoms with van der Waals surface area (Å²) in [7, 11) is 0. The van der Waals surface area contributed by atoms with Crippen molar-refractivity contribution in [2.75, 3.05) is 13.2 Å². The van der Waals surface area contributed by atoms with E-state index in [0.717, 1.165) is 38.9 Å². The fourth-order valence-corrected chi connectivity index (χ4v) is 4.52. The van der Waals surface area contributed by atoms with E-state index in [2.05, 4.69) is 70.2 Å². The van der Waals surface area contributed by atoms with Crippen LogP contribution in [0.5, 0.6) is 0 Å². The van der Waals surface area contributed by atoms with E-state index >= 15 is 0 Å². The molecule has 2 aromatic rings. The van der Waals surface area contributed by atoms with Crippen molar-refractivity contribution in [3.05, 3.63) is 48.0 Å². The van der Waals surface area contributed by atoms with Gasteiger partial charge in [0.1, 0.15) is 0 Å². The van der Waals surface area contributed by atoms with Crippen LogP contribution in [0.4, 0.5) is 0 Å². The van der Waals surface area contributed by atoms with Gasteiger partial charge in [0.2, 0.25) is 0 Å². The summed E-state index contributed by atoms with van der Waals surface area (Å²) in [6, 6.07) is 15.2. The van der Waals surface area contributed by atoms with Gasteiger partial charge >= 0.3 is 0 Å². The highest BCUT2D eigenvalue weighted by molar-refractivity contribution is 5.86. The fraction of sp³-hybridized carbons (Fsp3) is 0.643. The zero-order chi connectivity index (χ0) is 21.7. The van der Waals surface area contributed by atoms with Crippen LogP contribution in [0.25, 0.3) is 10.8 Å². The number of hydrogen-bond acceptors (Lipinski definition) is 2. The van der Waals surface area contributed by atoms with Crippen LogP contribution in [0, 0.1) is 5.92 Å². The van der Waals surface area contributed by atoms with Crippen molar-refractivity contribution in [3.63, 3.8) is 0 Å². The SMILES string of the molecule is CCCCCCCCC(CC)C(OCCC)(OCCC)c1cccc2ccccc12. The van der Waals surface area contributed by atoms with Crippen molar-refractivity contribution in [3.8, 4) is 0 Å². The molecule has 0 fully saturated rings. The second-order valence-corrected chi connectivity index (χ2v) is 8.55. The molecule has 0 bridgehead atoms. The maximum atomic E-state index is 6.70. The highest BCUT2D eigenvalue weighted by Gasteiger charge is 2.42. The van der Waals surface area contributed by atoms with Gasteiger partial charge in [0, 0.05) is 11.5 Å². The van der Waals surface area contributed by atoms with E-state index < -0.39 is 5.79 Å². The molecule has 2 nitrogen and oxygen atoms in total. The van der Waals surface area contributed by atoms with Crippen LogP contribution in [-0.2, 0) is 15.3 Å². The van der Waals surface area contributed by atoms with Crippen molar-refractivity contribution >= 4 is 10.8 Å². The summed E-state index contributed by atoms with van der Waals surface area (Å²) in [6.07, 6.45) is 12.1. The quantitative estimate of drug-likeness (QED) is 0.203. The van der Waals surface area contributed by atoms with E-state index in [4.69, 9.17) is 9.47 Å². The van der Waals surface area contributed by atoms with Gasteiger partial charge in [0.05, 0.1) is 13.2 Å². The number of benzene rings is 2. The van der Waals surface area contributed by atoms with Crippen molar-refractivity contribution in [1.82, 2.24) is 0 Å². The Morgan fingerprint density at radius 1 is 0.700 bits per heavy atom. The van der Waals surface area contributed by atoms with E-state index in [1.54, 1.807) is 0 Å². The lowest BCUT2D eigenvalue weighted by atomic mass is 9.83. The Balaban J connectivity index is 2.37. The predicted molar refractivity (Wildman–Crippen MR) is 130 cm³/mol. The smallest absolute Gasteiger partial charge is 0.198 e. The monoisotopic (exact) mass is 412 g/mol. The maximum absolute atomic E-state index is 6.70. The molecule has 2 heteroatoms. The topological polar surface area (TPSA) is 18.5 Å². The van der Waals surface area contributed by atoms with E-state index in [1.807, 2.05) is 0 Å². The molecule has 0 saturated heterocycles. The summed E-state index contributed by atoms with van der Waals surface area (Å²) < 4.78 is 13.4. The highest BCUT2D eigenvalue weighted by atomic mass is 16.7. The first-order valence-corrected chi connectivity index (χ1v) is 12.5. The Morgan fingerprint density at radius 2 is 1.33 bits per heavy atom. The van der Waals surface area contributed by atoms with Gasteiger partial charge in [0.15, 0.2) is 5.79 Å². The minimum atomic E-state index is -0.662. The molecule has 2 rings (SSSR count). The van der Waals surface area contributed by atoms with Crippen LogP contribution < -0.4 is 0 Å². The summed E-state index contributed by atoms with van der Waals surface area (Å²) in [5.41, 5.74) is 1.21. The lowest BCUT2D eigenvalue weighted by Gasteiger charge is -2.41. The standard InChI is InChI=1S/C28H44O2/c1-5-9-10-11-12-13-19-25(8-4)28(29-22-6-2,30-23-7-3)27-21-16-18-24-17-14-15-20-26(24)27/h14-18,20-21,25H,5-13,19,22-23H2,1-4H3. The molecule has 0 spiro atoms. The normalized spacial score (nSPS) is 13.1. The van der Waals surface area contributed by atoms with Crippen molar-refractivity contribution in [2.24, 2.45) is 5.92 Å². The molecule has 0 aromatic heterocycles. The van der Waals surface area contributed by atoms with Gasteiger partial charge in [-0.05, 0) is 36.5 Å². The molecule has 0 amide bonds. The number of ether oxygens (including phenoxy) is 2. The van der Waals surface area contributed by atoms with Crippen molar-refractivity contribution in [2.45, 2.75) is 97.7 Å². The fourth-order valence-electron chi connectivity index (χ4n) is 4.52. The Hall–Kier alpha value is -1.38. The molecule has 0 aliphatic carbocycles. The highest BCUT2D eigenvalue weighted by Crippen LogP contribution is 2.43. The number of unbranched alkanes of at least 4 members (excludes halogenated alkanes) is 5. The van der Waals surface area contributed by atoms with E-state index in [9.17, 15) is 0 Å².